The number of halogens is 1. The largest absolute Gasteiger partial charge is 0.305 e. The van der Waals surface area contributed by atoms with E-state index < -0.39 is 0 Å². The summed E-state index contributed by atoms with van der Waals surface area (Å²) in [5.41, 5.74) is 3.22. The van der Waals surface area contributed by atoms with E-state index >= 15 is 0 Å². The van der Waals surface area contributed by atoms with Gasteiger partial charge in [-0.1, -0.05) is 42.5 Å². The van der Waals surface area contributed by atoms with Crippen LogP contribution in [-0.2, 0) is 6.54 Å². The minimum absolute atomic E-state index is 0.324. The van der Waals surface area contributed by atoms with Crippen molar-refractivity contribution in [1.29, 1.82) is 0 Å². The number of amides is 1. The van der Waals surface area contributed by atoms with Crippen molar-refractivity contribution < 1.29 is 9.18 Å². The van der Waals surface area contributed by atoms with Crippen LogP contribution in [0.3, 0.4) is 0 Å². The van der Waals surface area contributed by atoms with Gasteiger partial charge >= 0.3 is 0 Å². The Morgan fingerprint density at radius 1 is 0.923 bits per heavy atom. The lowest BCUT2D eigenvalue weighted by Crippen LogP contribution is -2.16. The van der Waals surface area contributed by atoms with Crippen molar-refractivity contribution in [3.63, 3.8) is 0 Å². The van der Waals surface area contributed by atoms with Gasteiger partial charge in [0.05, 0.1) is 17.6 Å². The standard InChI is InChI=1S/C21H16FN3O/c22-17-12-10-16(11-13-17)20(26)24-21-23-18-8-4-5-9-19(18)25(21)14-15-6-2-1-3-7-15/h1-13H,14H2,(H,23,24,26). The van der Waals surface area contributed by atoms with Crippen LogP contribution in [0.25, 0.3) is 11.0 Å². The topological polar surface area (TPSA) is 46.9 Å². The Hall–Kier alpha value is -3.47. The second-order valence-electron chi connectivity index (χ2n) is 5.96. The molecule has 0 spiro atoms. The van der Waals surface area contributed by atoms with Crippen LogP contribution in [0.2, 0.25) is 0 Å². The zero-order valence-corrected chi connectivity index (χ0v) is 13.9. The third-order valence-corrected chi connectivity index (χ3v) is 4.17. The normalized spacial score (nSPS) is 10.8. The Kier molecular flexibility index (Phi) is 4.19. The third-order valence-electron chi connectivity index (χ3n) is 4.17. The summed E-state index contributed by atoms with van der Waals surface area (Å²) >= 11 is 0. The quantitative estimate of drug-likeness (QED) is 0.593. The molecular weight excluding hydrogens is 329 g/mol. The van der Waals surface area contributed by atoms with Gasteiger partial charge in [0.15, 0.2) is 0 Å². The highest BCUT2D eigenvalue weighted by Gasteiger charge is 2.14. The summed E-state index contributed by atoms with van der Waals surface area (Å²) in [5, 5.41) is 2.85. The molecule has 3 aromatic carbocycles. The van der Waals surface area contributed by atoms with Crippen LogP contribution in [0.4, 0.5) is 10.3 Å². The number of carbonyl (C=O) groups is 1. The molecule has 1 heterocycles. The number of para-hydroxylation sites is 2. The molecule has 4 aromatic rings. The van der Waals surface area contributed by atoms with Crippen molar-refractivity contribution in [3.05, 3.63) is 95.8 Å². The van der Waals surface area contributed by atoms with Crippen LogP contribution in [0, 0.1) is 5.82 Å². The molecule has 4 nitrogen and oxygen atoms in total. The summed E-state index contributed by atoms with van der Waals surface area (Å²) in [7, 11) is 0. The summed E-state index contributed by atoms with van der Waals surface area (Å²) in [6, 6.07) is 23.1. The number of imidazole rings is 1. The highest BCUT2D eigenvalue weighted by Crippen LogP contribution is 2.22. The molecule has 0 saturated carbocycles. The summed E-state index contributed by atoms with van der Waals surface area (Å²) in [4.78, 5) is 17.1. The maximum atomic E-state index is 13.1. The van der Waals surface area contributed by atoms with Gasteiger partial charge in [0.2, 0.25) is 5.95 Å². The molecular formula is C21H16FN3O. The van der Waals surface area contributed by atoms with E-state index in [9.17, 15) is 9.18 Å². The second-order valence-corrected chi connectivity index (χ2v) is 5.96. The van der Waals surface area contributed by atoms with Gasteiger partial charge in [0, 0.05) is 5.56 Å². The van der Waals surface area contributed by atoms with Crippen LogP contribution < -0.4 is 5.32 Å². The van der Waals surface area contributed by atoms with E-state index in [0.717, 1.165) is 16.6 Å². The number of hydrogen-bond acceptors (Lipinski definition) is 2. The molecule has 26 heavy (non-hydrogen) atoms. The maximum Gasteiger partial charge on any atom is 0.257 e. The van der Waals surface area contributed by atoms with Crippen molar-refractivity contribution in [2.45, 2.75) is 6.54 Å². The van der Waals surface area contributed by atoms with Crippen LogP contribution in [-0.4, -0.2) is 15.5 Å². The Labute approximate surface area is 149 Å². The summed E-state index contributed by atoms with van der Waals surface area (Å²) < 4.78 is 15.0. The average Bonchev–Trinajstić information content (AvgIpc) is 3.00. The van der Waals surface area contributed by atoms with Crippen molar-refractivity contribution in [2.24, 2.45) is 0 Å². The van der Waals surface area contributed by atoms with Crippen LogP contribution >= 0.6 is 0 Å². The minimum Gasteiger partial charge on any atom is -0.305 e. The van der Waals surface area contributed by atoms with E-state index in [4.69, 9.17) is 0 Å². The number of nitrogens with zero attached hydrogens (tertiary/aromatic N) is 2. The SMILES string of the molecule is O=C(Nc1nc2ccccc2n1Cc1ccccc1)c1ccc(F)cc1. The zero-order chi connectivity index (χ0) is 17.9. The van der Waals surface area contributed by atoms with Crippen LogP contribution in [0.15, 0.2) is 78.9 Å². The van der Waals surface area contributed by atoms with Gasteiger partial charge in [-0.3, -0.25) is 10.1 Å². The second kappa shape index (κ2) is 6.80. The molecule has 0 bridgehead atoms. The van der Waals surface area contributed by atoms with Gasteiger partial charge in [-0.2, -0.15) is 0 Å². The van der Waals surface area contributed by atoms with Crippen molar-refractivity contribution >= 4 is 22.9 Å². The lowest BCUT2D eigenvalue weighted by Gasteiger charge is -2.10. The fourth-order valence-corrected chi connectivity index (χ4v) is 2.87. The molecule has 4 rings (SSSR count). The predicted molar refractivity (Wildman–Crippen MR) is 99.6 cm³/mol. The molecule has 5 heteroatoms. The molecule has 128 valence electrons. The molecule has 1 N–H and O–H groups in total. The Morgan fingerprint density at radius 2 is 1.62 bits per heavy atom. The van der Waals surface area contributed by atoms with Gasteiger partial charge < -0.3 is 4.57 Å². The van der Waals surface area contributed by atoms with E-state index in [0.29, 0.717) is 18.1 Å². The zero-order valence-electron chi connectivity index (χ0n) is 13.9. The number of aromatic nitrogens is 2. The molecule has 0 unspecified atom stereocenters. The number of carbonyl (C=O) groups excluding carboxylic acids is 1. The highest BCUT2D eigenvalue weighted by atomic mass is 19.1. The number of anilines is 1. The van der Waals surface area contributed by atoms with E-state index in [1.54, 1.807) is 0 Å². The summed E-state index contributed by atoms with van der Waals surface area (Å²) in [5.74, 6) is -0.239. The molecule has 0 aliphatic heterocycles. The number of hydrogen-bond donors (Lipinski definition) is 1. The van der Waals surface area contributed by atoms with Crippen LogP contribution in [0.1, 0.15) is 15.9 Å². The molecule has 0 aliphatic rings. The number of nitrogens with one attached hydrogen (secondary N) is 1. The number of fused-ring (bicyclic) bond motifs is 1. The Bertz CT molecular complexity index is 1060. The molecule has 0 radical (unpaired) electrons. The Morgan fingerprint density at radius 3 is 2.38 bits per heavy atom. The highest BCUT2D eigenvalue weighted by molar-refractivity contribution is 6.04. The lowest BCUT2D eigenvalue weighted by atomic mass is 10.2. The molecule has 0 fully saturated rings. The van der Waals surface area contributed by atoms with Crippen molar-refractivity contribution in [1.82, 2.24) is 9.55 Å². The maximum absolute atomic E-state index is 13.1. The van der Waals surface area contributed by atoms with Gasteiger partial charge in [0.1, 0.15) is 5.82 Å². The molecule has 0 atom stereocenters. The van der Waals surface area contributed by atoms with Crippen molar-refractivity contribution in [2.75, 3.05) is 5.32 Å². The smallest absolute Gasteiger partial charge is 0.257 e. The van der Waals surface area contributed by atoms with E-state index in [-0.39, 0.29) is 11.7 Å². The summed E-state index contributed by atoms with van der Waals surface area (Å²) in [6.45, 7) is 0.584. The van der Waals surface area contributed by atoms with E-state index in [2.05, 4.69) is 10.3 Å². The fraction of sp³-hybridized carbons (Fsp3) is 0.0476. The molecule has 1 aromatic heterocycles. The summed E-state index contributed by atoms with van der Waals surface area (Å²) in [6.07, 6.45) is 0. The Balaban J connectivity index is 1.70. The molecule has 1 amide bonds. The first-order valence-corrected chi connectivity index (χ1v) is 8.27. The van der Waals surface area contributed by atoms with Gasteiger partial charge in [-0.15, -0.1) is 0 Å². The first-order chi connectivity index (χ1) is 12.7. The third kappa shape index (κ3) is 3.19. The van der Waals surface area contributed by atoms with Gasteiger partial charge in [-0.25, -0.2) is 9.37 Å². The number of benzene rings is 3. The van der Waals surface area contributed by atoms with E-state index in [1.165, 1.54) is 24.3 Å². The van der Waals surface area contributed by atoms with Gasteiger partial charge in [0.25, 0.3) is 5.91 Å². The minimum atomic E-state index is -0.377. The first-order valence-electron chi connectivity index (χ1n) is 8.27. The monoisotopic (exact) mass is 345 g/mol. The molecule has 0 aliphatic carbocycles. The fourth-order valence-electron chi connectivity index (χ4n) is 2.87. The first kappa shape index (κ1) is 16.0. The molecule has 0 saturated heterocycles. The number of rotatable bonds is 4. The van der Waals surface area contributed by atoms with Crippen LogP contribution in [0.5, 0.6) is 0 Å². The van der Waals surface area contributed by atoms with Gasteiger partial charge in [-0.05, 0) is 42.0 Å². The van der Waals surface area contributed by atoms with E-state index in [1.807, 2.05) is 59.2 Å². The lowest BCUT2D eigenvalue weighted by molar-refractivity contribution is 0.102. The predicted octanol–water partition coefficient (Wildman–Crippen LogP) is 4.48. The van der Waals surface area contributed by atoms with Crippen molar-refractivity contribution in [3.8, 4) is 0 Å². The average molecular weight is 345 g/mol.